The first-order chi connectivity index (χ1) is 9.11. The van der Waals surface area contributed by atoms with E-state index < -0.39 is 11.5 Å². The van der Waals surface area contributed by atoms with Gasteiger partial charge in [0.2, 0.25) is 0 Å². The summed E-state index contributed by atoms with van der Waals surface area (Å²) in [4.78, 5) is 15.8. The Bertz CT molecular complexity index is 629. The molecule has 5 nitrogen and oxygen atoms in total. The number of nitrogens with zero attached hydrogens (tertiary/aromatic N) is 2. The van der Waals surface area contributed by atoms with Crippen molar-refractivity contribution in [2.45, 2.75) is 38.3 Å². The summed E-state index contributed by atoms with van der Waals surface area (Å²) in [5.74, 6) is -0.751. The molecule has 0 aromatic carbocycles. The Labute approximate surface area is 111 Å². The molecule has 1 fully saturated rings. The summed E-state index contributed by atoms with van der Waals surface area (Å²) in [6.45, 7) is 2.51. The zero-order valence-electron chi connectivity index (χ0n) is 10.9. The second kappa shape index (κ2) is 4.35. The predicted molar refractivity (Wildman–Crippen MR) is 71.0 cm³/mol. The van der Waals surface area contributed by atoms with E-state index in [-0.39, 0.29) is 0 Å². The highest BCUT2D eigenvalue weighted by atomic mass is 16.4. The van der Waals surface area contributed by atoms with Crippen molar-refractivity contribution in [3.8, 4) is 0 Å². The van der Waals surface area contributed by atoms with Gasteiger partial charge in [-0.3, -0.25) is 10.1 Å². The minimum absolute atomic E-state index is 0.493. The van der Waals surface area contributed by atoms with Gasteiger partial charge in [-0.2, -0.15) is 0 Å². The molecule has 2 N–H and O–H groups in total. The molecular weight excluding hydrogens is 242 g/mol. The van der Waals surface area contributed by atoms with Gasteiger partial charge in [0.1, 0.15) is 11.2 Å². The lowest BCUT2D eigenvalue weighted by atomic mass is 9.77. The van der Waals surface area contributed by atoms with Crippen molar-refractivity contribution in [3.05, 3.63) is 35.8 Å². The molecule has 19 heavy (non-hydrogen) atoms. The number of aromatic nitrogens is 2. The number of pyridine rings is 1. The van der Waals surface area contributed by atoms with Crippen LogP contribution in [0.15, 0.2) is 24.5 Å². The van der Waals surface area contributed by atoms with Crippen LogP contribution >= 0.6 is 0 Å². The molecule has 5 heteroatoms. The average Bonchev–Trinajstić information content (AvgIpc) is 2.71. The second-order valence-electron chi connectivity index (χ2n) is 5.25. The maximum atomic E-state index is 11.3. The molecule has 0 bridgehead atoms. The number of carboxylic acids is 1. The summed E-state index contributed by atoms with van der Waals surface area (Å²) >= 11 is 0. The molecule has 2 aromatic heterocycles. The number of imidazole rings is 1. The smallest absolute Gasteiger partial charge is 0.323 e. The van der Waals surface area contributed by atoms with Crippen LogP contribution in [0.5, 0.6) is 0 Å². The topological polar surface area (TPSA) is 66.6 Å². The number of aliphatic carboxylic acids is 1. The normalized spacial score (nSPS) is 17.3. The van der Waals surface area contributed by atoms with Crippen molar-refractivity contribution >= 4 is 11.6 Å². The lowest BCUT2D eigenvalue weighted by molar-refractivity contribution is -0.148. The van der Waals surface area contributed by atoms with Crippen LogP contribution in [-0.2, 0) is 11.3 Å². The molecule has 1 aliphatic carbocycles. The van der Waals surface area contributed by atoms with Crippen LogP contribution in [-0.4, -0.2) is 26.0 Å². The van der Waals surface area contributed by atoms with E-state index in [0.717, 1.165) is 23.3 Å². The SMILES string of the molecule is Cc1cccn2cc(CNC3(C(=O)O)CCC3)nc12. The molecule has 0 saturated heterocycles. The fourth-order valence-electron chi connectivity index (χ4n) is 2.55. The minimum atomic E-state index is -0.751. The minimum Gasteiger partial charge on any atom is -0.480 e. The maximum absolute atomic E-state index is 11.3. The van der Waals surface area contributed by atoms with Crippen molar-refractivity contribution < 1.29 is 9.90 Å². The quantitative estimate of drug-likeness (QED) is 0.877. The zero-order chi connectivity index (χ0) is 13.5. The Morgan fingerprint density at radius 3 is 2.95 bits per heavy atom. The van der Waals surface area contributed by atoms with Gasteiger partial charge < -0.3 is 9.51 Å². The van der Waals surface area contributed by atoms with E-state index in [1.807, 2.05) is 35.9 Å². The molecule has 0 atom stereocenters. The second-order valence-corrected chi connectivity index (χ2v) is 5.25. The highest BCUT2D eigenvalue weighted by Gasteiger charge is 2.43. The van der Waals surface area contributed by atoms with Gasteiger partial charge >= 0.3 is 5.97 Å². The van der Waals surface area contributed by atoms with E-state index in [0.29, 0.717) is 19.4 Å². The summed E-state index contributed by atoms with van der Waals surface area (Å²) in [6, 6.07) is 4.00. The van der Waals surface area contributed by atoms with Gasteiger partial charge in [-0.05, 0) is 37.8 Å². The first kappa shape index (κ1) is 12.2. The third-order valence-electron chi connectivity index (χ3n) is 3.95. The van der Waals surface area contributed by atoms with Crippen molar-refractivity contribution in [2.75, 3.05) is 0 Å². The monoisotopic (exact) mass is 259 g/mol. The number of fused-ring (bicyclic) bond motifs is 1. The van der Waals surface area contributed by atoms with Crippen LogP contribution in [0.2, 0.25) is 0 Å². The van der Waals surface area contributed by atoms with Crippen molar-refractivity contribution in [1.82, 2.24) is 14.7 Å². The average molecular weight is 259 g/mol. The molecule has 0 amide bonds. The van der Waals surface area contributed by atoms with E-state index in [9.17, 15) is 9.90 Å². The van der Waals surface area contributed by atoms with Crippen molar-refractivity contribution in [3.63, 3.8) is 0 Å². The van der Waals surface area contributed by atoms with Gasteiger partial charge in [-0.15, -0.1) is 0 Å². The first-order valence-electron chi connectivity index (χ1n) is 6.52. The molecule has 0 aliphatic heterocycles. The van der Waals surface area contributed by atoms with Crippen LogP contribution < -0.4 is 5.32 Å². The van der Waals surface area contributed by atoms with E-state index in [1.165, 1.54) is 0 Å². The molecule has 1 aliphatic rings. The fraction of sp³-hybridized carbons (Fsp3) is 0.429. The van der Waals surface area contributed by atoms with Crippen LogP contribution in [0.25, 0.3) is 5.65 Å². The molecule has 0 radical (unpaired) electrons. The molecule has 3 rings (SSSR count). The Hall–Kier alpha value is -1.88. The van der Waals surface area contributed by atoms with Gasteiger partial charge in [0.05, 0.1) is 5.69 Å². The van der Waals surface area contributed by atoms with Gasteiger partial charge in [0.25, 0.3) is 0 Å². The summed E-state index contributed by atoms with van der Waals surface area (Å²) in [5, 5.41) is 12.4. The molecular formula is C14H17N3O2. The van der Waals surface area contributed by atoms with Gasteiger partial charge in [0, 0.05) is 18.9 Å². The third kappa shape index (κ3) is 2.00. The maximum Gasteiger partial charge on any atom is 0.323 e. The number of hydrogen-bond donors (Lipinski definition) is 2. The summed E-state index contributed by atoms with van der Waals surface area (Å²) in [5.41, 5.74) is 2.19. The van der Waals surface area contributed by atoms with Gasteiger partial charge in [0.15, 0.2) is 0 Å². The number of carbonyl (C=O) groups is 1. The molecule has 0 unspecified atom stereocenters. The van der Waals surface area contributed by atoms with Gasteiger partial charge in [-0.25, -0.2) is 4.98 Å². The molecule has 2 heterocycles. The van der Waals surface area contributed by atoms with E-state index in [2.05, 4.69) is 10.3 Å². The molecule has 100 valence electrons. The zero-order valence-corrected chi connectivity index (χ0v) is 10.9. The van der Waals surface area contributed by atoms with Crippen molar-refractivity contribution in [2.24, 2.45) is 0 Å². The lowest BCUT2D eigenvalue weighted by Crippen LogP contribution is -2.56. The van der Waals surface area contributed by atoms with Gasteiger partial charge in [-0.1, -0.05) is 6.07 Å². The van der Waals surface area contributed by atoms with Crippen LogP contribution in [0.1, 0.15) is 30.5 Å². The highest BCUT2D eigenvalue weighted by molar-refractivity contribution is 5.79. The Balaban J connectivity index is 1.79. The summed E-state index contributed by atoms with van der Waals surface area (Å²) in [6.07, 6.45) is 6.28. The van der Waals surface area contributed by atoms with Crippen LogP contribution in [0, 0.1) is 6.92 Å². The highest BCUT2D eigenvalue weighted by Crippen LogP contribution is 2.32. The van der Waals surface area contributed by atoms with Crippen LogP contribution in [0.4, 0.5) is 0 Å². The fourth-order valence-corrected chi connectivity index (χ4v) is 2.55. The Morgan fingerprint density at radius 2 is 2.37 bits per heavy atom. The summed E-state index contributed by atoms with van der Waals surface area (Å²) in [7, 11) is 0. The van der Waals surface area contributed by atoms with E-state index in [4.69, 9.17) is 0 Å². The first-order valence-corrected chi connectivity index (χ1v) is 6.52. The van der Waals surface area contributed by atoms with Crippen molar-refractivity contribution in [1.29, 1.82) is 0 Å². The lowest BCUT2D eigenvalue weighted by Gasteiger charge is -2.38. The molecule has 2 aromatic rings. The van der Waals surface area contributed by atoms with Crippen LogP contribution in [0.3, 0.4) is 0 Å². The third-order valence-corrected chi connectivity index (χ3v) is 3.95. The van der Waals surface area contributed by atoms with E-state index >= 15 is 0 Å². The number of nitrogens with one attached hydrogen (secondary N) is 1. The number of hydrogen-bond acceptors (Lipinski definition) is 3. The Kier molecular flexibility index (Phi) is 2.78. The van der Waals surface area contributed by atoms with E-state index in [1.54, 1.807) is 0 Å². The Morgan fingerprint density at radius 1 is 1.58 bits per heavy atom. The molecule has 1 saturated carbocycles. The number of carboxylic acid groups (broad SMARTS) is 1. The number of rotatable bonds is 4. The summed E-state index contributed by atoms with van der Waals surface area (Å²) < 4.78 is 1.97. The largest absolute Gasteiger partial charge is 0.480 e. The number of aryl methyl sites for hydroxylation is 1. The molecule has 0 spiro atoms. The standard InChI is InChI=1S/C14H17N3O2/c1-10-4-2-7-17-9-11(16-12(10)17)8-15-14(13(18)19)5-3-6-14/h2,4,7,9,15H,3,5-6,8H2,1H3,(H,18,19). The predicted octanol–water partition coefficient (Wildman–Crippen LogP) is 1.74.